The van der Waals surface area contributed by atoms with E-state index in [-0.39, 0.29) is 36.6 Å². The summed E-state index contributed by atoms with van der Waals surface area (Å²) in [7, 11) is 1.81. The molecular formula is C35H45N7O6S. The number of unbranched alkanes of at least 4 members (excludes halogenated alkanes) is 3. The molecule has 1 aliphatic heterocycles. The number of nitrogens with one attached hydrogen (secondary N) is 1. The van der Waals surface area contributed by atoms with Crippen molar-refractivity contribution in [2.45, 2.75) is 95.2 Å². The molecule has 6 rings (SSSR count). The number of aromatic nitrogens is 4. The van der Waals surface area contributed by atoms with E-state index in [0.29, 0.717) is 43.3 Å². The Morgan fingerprint density at radius 2 is 1.96 bits per heavy atom. The van der Waals surface area contributed by atoms with E-state index in [2.05, 4.69) is 15.4 Å². The summed E-state index contributed by atoms with van der Waals surface area (Å²) in [6.45, 7) is 0.128. The molecule has 13 nitrogen and oxygen atoms in total. The van der Waals surface area contributed by atoms with Gasteiger partial charge in [0.2, 0.25) is 23.6 Å². The number of likely N-dealkylation sites (tertiary alicyclic amines) is 1. The smallest absolute Gasteiger partial charge is 0.307 e. The van der Waals surface area contributed by atoms with Gasteiger partial charge in [0.25, 0.3) is 0 Å². The zero-order valence-electron chi connectivity index (χ0n) is 27.8. The minimum absolute atomic E-state index is 0.128. The maximum Gasteiger partial charge on any atom is 0.307 e. The molecule has 2 aliphatic carbocycles. The van der Waals surface area contributed by atoms with Crippen LogP contribution in [0.2, 0.25) is 0 Å². The predicted molar refractivity (Wildman–Crippen MR) is 183 cm³/mol. The Morgan fingerprint density at radius 3 is 2.67 bits per heavy atom. The van der Waals surface area contributed by atoms with Crippen LogP contribution in [0, 0.1) is 17.8 Å². The quantitative estimate of drug-likeness (QED) is 0.146. The molecule has 0 spiro atoms. The van der Waals surface area contributed by atoms with Crippen molar-refractivity contribution in [1.82, 2.24) is 30.0 Å². The van der Waals surface area contributed by atoms with Crippen LogP contribution in [-0.4, -0.2) is 78.2 Å². The summed E-state index contributed by atoms with van der Waals surface area (Å²) in [6.07, 6.45) is 14.4. The number of aliphatic carboxylic acids is 1. The van der Waals surface area contributed by atoms with Crippen molar-refractivity contribution in [1.29, 1.82) is 0 Å². The second-order valence-corrected chi connectivity index (χ2v) is 14.5. The third-order valence-corrected chi connectivity index (χ3v) is 10.9. The number of hydrogen-bond acceptors (Lipinski definition) is 9. The number of carboxylic acid groups (broad SMARTS) is 1. The fourth-order valence-corrected chi connectivity index (χ4v) is 7.90. The van der Waals surface area contributed by atoms with Gasteiger partial charge in [0.05, 0.1) is 18.0 Å². The standard InChI is InChI=1S/C35H45N7O6S/c1-41-27(13-15-37-41)32-39-25-14-16-49-30(25)33(40-32)48-23-19-28(31(36)44)42(20-23)34(45)26(38-29(43)17-21-9-7-8-10-21)12-6-4-2-3-5-11-22-18-24(22)35(46)47/h5,11,13-16,21-24,26,28H,2-4,6-10,12,17-20H2,1H3,(H2,36,44)(H,38,43)(H,46,47)/b11-5-/t22-,23?,24+,26?,28+/m1/s1. The number of amides is 3. The van der Waals surface area contributed by atoms with Crippen molar-refractivity contribution in [3.05, 3.63) is 35.9 Å². The van der Waals surface area contributed by atoms with Crippen LogP contribution in [0.25, 0.3) is 21.7 Å². The van der Waals surface area contributed by atoms with Gasteiger partial charge in [-0.25, -0.2) is 4.98 Å². The number of fused-ring (bicyclic) bond motifs is 1. The number of thiophene rings is 1. The molecule has 3 aliphatic rings. The summed E-state index contributed by atoms with van der Waals surface area (Å²) < 4.78 is 8.86. The summed E-state index contributed by atoms with van der Waals surface area (Å²) in [6, 6.07) is 2.04. The van der Waals surface area contributed by atoms with Crippen molar-refractivity contribution in [3.63, 3.8) is 0 Å². The lowest BCUT2D eigenvalue weighted by Crippen LogP contribution is -2.53. The van der Waals surface area contributed by atoms with Crippen molar-refractivity contribution in [3.8, 4) is 17.4 Å². The zero-order chi connectivity index (χ0) is 34.5. The van der Waals surface area contributed by atoms with E-state index in [4.69, 9.17) is 20.6 Å². The van der Waals surface area contributed by atoms with Crippen molar-refractivity contribution in [2.75, 3.05) is 6.54 Å². The SMILES string of the molecule is Cn1nccc1-c1nc(OC2C[C@@H](C(N)=O)N(C(=O)C(CCCCC/C=C\[C@@H]3C[C@@H]3C(=O)O)NC(=O)CC3CCCC3)C2)c2sccc2n1. The molecule has 3 amide bonds. The Bertz CT molecular complexity index is 1700. The molecule has 5 atom stereocenters. The van der Waals surface area contributed by atoms with Gasteiger partial charge in [-0.05, 0) is 67.9 Å². The third kappa shape index (κ3) is 8.46. The van der Waals surface area contributed by atoms with Gasteiger partial charge in [-0.15, -0.1) is 11.3 Å². The van der Waals surface area contributed by atoms with Crippen LogP contribution in [0.5, 0.6) is 5.88 Å². The number of nitrogens with two attached hydrogens (primary N) is 1. The Morgan fingerprint density at radius 1 is 1.14 bits per heavy atom. The number of carboxylic acids is 1. The van der Waals surface area contributed by atoms with Crippen molar-refractivity contribution >= 4 is 45.2 Å². The predicted octanol–water partition coefficient (Wildman–Crippen LogP) is 4.22. The summed E-state index contributed by atoms with van der Waals surface area (Å²) >= 11 is 1.45. The van der Waals surface area contributed by atoms with Crippen molar-refractivity contribution in [2.24, 2.45) is 30.5 Å². The maximum atomic E-state index is 14.1. The van der Waals surface area contributed by atoms with Gasteiger partial charge in [-0.3, -0.25) is 23.9 Å². The van der Waals surface area contributed by atoms with E-state index in [1.54, 1.807) is 10.9 Å². The van der Waals surface area contributed by atoms with E-state index in [1.807, 2.05) is 36.7 Å². The molecule has 0 aromatic carbocycles. The fourth-order valence-electron chi connectivity index (χ4n) is 7.14. The number of nitrogens with zero attached hydrogens (tertiary/aromatic N) is 5. The maximum absolute atomic E-state index is 14.1. The number of rotatable bonds is 16. The Kier molecular flexibility index (Phi) is 10.9. The summed E-state index contributed by atoms with van der Waals surface area (Å²) in [5, 5.41) is 18.2. The van der Waals surface area contributed by atoms with Crippen LogP contribution in [0.4, 0.5) is 0 Å². The van der Waals surface area contributed by atoms with E-state index in [1.165, 1.54) is 16.2 Å². The highest BCUT2D eigenvalue weighted by Gasteiger charge is 2.43. The van der Waals surface area contributed by atoms with E-state index < -0.39 is 30.1 Å². The first-order valence-electron chi connectivity index (χ1n) is 17.4. The fraction of sp³-hybridized carbons (Fsp3) is 0.571. The normalized spacial score (nSPS) is 22.9. The topological polar surface area (TPSA) is 183 Å². The lowest BCUT2D eigenvalue weighted by molar-refractivity contribution is -0.141. The lowest BCUT2D eigenvalue weighted by atomic mass is 10.0. The molecule has 3 aromatic rings. The van der Waals surface area contributed by atoms with E-state index in [0.717, 1.165) is 60.9 Å². The first-order chi connectivity index (χ1) is 23.7. The molecule has 2 unspecified atom stereocenters. The lowest BCUT2D eigenvalue weighted by Gasteiger charge is -2.28. The average molecular weight is 692 g/mol. The molecule has 0 radical (unpaired) electrons. The Balaban J connectivity index is 1.11. The molecule has 14 heteroatoms. The number of carbonyl (C=O) groups excluding carboxylic acids is 3. The van der Waals surface area contributed by atoms with Gasteiger partial charge < -0.3 is 25.8 Å². The minimum Gasteiger partial charge on any atom is -0.481 e. The molecule has 262 valence electrons. The summed E-state index contributed by atoms with van der Waals surface area (Å²) in [5.74, 6) is -0.797. The van der Waals surface area contributed by atoms with Gasteiger partial charge in [-0.1, -0.05) is 37.8 Å². The van der Waals surface area contributed by atoms with E-state index in [9.17, 15) is 19.2 Å². The number of ether oxygens (including phenoxy) is 1. The Hall–Kier alpha value is -4.33. The number of hydrogen-bond donors (Lipinski definition) is 3. The average Bonchev–Trinajstić information content (AvgIpc) is 3.57. The van der Waals surface area contributed by atoms with E-state index >= 15 is 0 Å². The molecular weight excluding hydrogens is 646 g/mol. The molecule has 49 heavy (non-hydrogen) atoms. The first-order valence-corrected chi connectivity index (χ1v) is 18.2. The van der Waals surface area contributed by atoms with Gasteiger partial charge in [0, 0.05) is 26.1 Å². The number of carbonyl (C=O) groups is 4. The first kappa shape index (κ1) is 34.5. The molecule has 0 bridgehead atoms. The second-order valence-electron chi connectivity index (χ2n) is 13.6. The van der Waals surface area contributed by atoms with Gasteiger partial charge in [0.15, 0.2) is 5.82 Å². The highest BCUT2D eigenvalue weighted by atomic mass is 32.1. The highest BCUT2D eigenvalue weighted by molar-refractivity contribution is 7.17. The van der Waals surface area contributed by atoms with Crippen LogP contribution in [0.3, 0.4) is 0 Å². The molecule has 3 fully saturated rings. The van der Waals surface area contributed by atoms with Gasteiger partial charge in [-0.2, -0.15) is 10.1 Å². The largest absolute Gasteiger partial charge is 0.481 e. The number of aryl methyl sites for hydroxylation is 1. The second kappa shape index (κ2) is 15.5. The van der Waals surface area contributed by atoms with Crippen LogP contribution in [0.15, 0.2) is 35.9 Å². The van der Waals surface area contributed by atoms with Crippen molar-refractivity contribution < 1.29 is 29.0 Å². The minimum atomic E-state index is -0.883. The van der Waals surface area contributed by atoms with Gasteiger partial charge >= 0.3 is 5.97 Å². The number of primary amides is 1. The third-order valence-electron chi connectivity index (χ3n) is 9.96. The number of allylic oxidation sites excluding steroid dienone is 2. The summed E-state index contributed by atoms with van der Waals surface area (Å²) in [4.78, 5) is 61.9. The molecule has 3 aromatic heterocycles. The summed E-state index contributed by atoms with van der Waals surface area (Å²) in [5.41, 5.74) is 7.29. The monoisotopic (exact) mass is 691 g/mol. The van der Waals surface area contributed by atoms with Crippen LogP contribution in [-0.2, 0) is 26.2 Å². The molecule has 4 N–H and O–H groups in total. The van der Waals surface area contributed by atoms with Crippen LogP contribution >= 0.6 is 11.3 Å². The molecule has 2 saturated carbocycles. The zero-order valence-corrected chi connectivity index (χ0v) is 28.6. The van der Waals surface area contributed by atoms with Crippen LogP contribution < -0.4 is 15.8 Å². The van der Waals surface area contributed by atoms with Crippen LogP contribution in [0.1, 0.15) is 77.0 Å². The molecule has 4 heterocycles. The highest BCUT2D eigenvalue weighted by Crippen LogP contribution is 2.40. The molecule has 1 saturated heterocycles. The van der Waals surface area contributed by atoms with Gasteiger partial charge in [0.1, 0.15) is 28.6 Å². The Labute approximate surface area is 289 Å².